The van der Waals surface area contributed by atoms with Crippen molar-refractivity contribution in [2.75, 3.05) is 18.0 Å². The third-order valence-electron chi connectivity index (χ3n) is 2.03. The Balaban J connectivity index is 3.00. The van der Waals surface area contributed by atoms with E-state index in [1.165, 1.54) is 0 Å². The summed E-state index contributed by atoms with van der Waals surface area (Å²) < 4.78 is 0. The number of hydrogen-bond acceptors (Lipinski definition) is 4. The lowest BCUT2D eigenvalue weighted by molar-refractivity contribution is 0.282. The minimum Gasteiger partial charge on any atom is -0.392 e. The number of rotatable bonds is 4. The van der Waals surface area contributed by atoms with Gasteiger partial charge in [0.1, 0.15) is 13.1 Å². The molecule has 0 saturated heterocycles. The van der Waals surface area contributed by atoms with Crippen molar-refractivity contribution in [1.82, 2.24) is 0 Å². The second-order valence-electron chi connectivity index (χ2n) is 2.96. The molecule has 0 aliphatic heterocycles. The van der Waals surface area contributed by atoms with Crippen LogP contribution in [0.5, 0.6) is 0 Å². The number of benzene rings is 1. The molecule has 0 fully saturated rings. The summed E-state index contributed by atoms with van der Waals surface area (Å²) in [6.07, 6.45) is 0. The first kappa shape index (κ1) is 11.0. The molecule has 0 heterocycles. The molecule has 0 aromatic heterocycles. The summed E-state index contributed by atoms with van der Waals surface area (Å²) in [6, 6.07) is 11.2. The lowest BCUT2D eigenvalue weighted by atomic mass is 10.1. The van der Waals surface area contributed by atoms with Gasteiger partial charge in [-0.2, -0.15) is 10.5 Å². The number of nitrogens with zero attached hydrogens (tertiary/aromatic N) is 3. The smallest absolute Gasteiger partial charge is 0.106 e. The Labute approximate surface area is 88.6 Å². The van der Waals surface area contributed by atoms with Crippen LogP contribution in [0.15, 0.2) is 24.3 Å². The van der Waals surface area contributed by atoms with Gasteiger partial charge in [-0.1, -0.05) is 18.2 Å². The van der Waals surface area contributed by atoms with E-state index in [1.807, 2.05) is 24.3 Å². The van der Waals surface area contributed by atoms with Gasteiger partial charge in [0.2, 0.25) is 0 Å². The molecule has 15 heavy (non-hydrogen) atoms. The van der Waals surface area contributed by atoms with Gasteiger partial charge in [-0.25, -0.2) is 0 Å². The van der Waals surface area contributed by atoms with Gasteiger partial charge >= 0.3 is 0 Å². The Morgan fingerprint density at radius 3 is 2.27 bits per heavy atom. The maximum absolute atomic E-state index is 9.11. The van der Waals surface area contributed by atoms with E-state index in [0.717, 1.165) is 11.3 Å². The zero-order valence-electron chi connectivity index (χ0n) is 8.22. The quantitative estimate of drug-likeness (QED) is 0.738. The molecule has 0 spiro atoms. The van der Waals surface area contributed by atoms with Gasteiger partial charge in [0.25, 0.3) is 0 Å². The van der Waals surface area contributed by atoms with Crippen molar-refractivity contribution in [3.8, 4) is 12.1 Å². The predicted octanol–water partition coefficient (Wildman–Crippen LogP) is 1.03. The standard InChI is InChI=1S/C11H11N3O/c12-5-7-14(8-6-13)11-4-2-1-3-10(11)9-15/h1-4,15H,7-9H2. The van der Waals surface area contributed by atoms with Crippen LogP contribution in [0.4, 0.5) is 5.69 Å². The second-order valence-corrected chi connectivity index (χ2v) is 2.96. The molecule has 0 saturated carbocycles. The third kappa shape index (κ3) is 2.70. The van der Waals surface area contributed by atoms with E-state index in [0.29, 0.717) is 0 Å². The molecule has 0 amide bonds. The Morgan fingerprint density at radius 2 is 1.73 bits per heavy atom. The molecule has 0 atom stereocenters. The molecule has 0 bridgehead atoms. The average Bonchev–Trinajstić information content (AvgIpc) is 2.29. The Bertz CT molecular complexity index is 387. The lowest BCUT2D eigenvalue weighted by Gasteiger charge is -2.20. The molecule has 1 aromatic carbocycles. The molecule has 0 aliphatic carbocycles. The largest absolute Gasteiger partial charge is 0.392 e. The van der Waals surface area contributed by atoms with Crippen LogP contribution in [0.25, 0.3) is 0 Å². The highest BCUT2D eigenvalue weighted by Crippen LogP contribution is 2.19. The van der Waals surface area contributed by atoms with Crippen molar-refractivity contribution < 1.29 is 5.11 Å². The molecular weight excluding hydrogens is 190 g/mol. The maximum atomic E-state index is 9.11. The minimum atomic E-state index is -0.0937. The van der Waals surface area contributed by atoms with Crippen LogP contribution in [-0.2, 0) is 6.61 Å². The second kappa shape index (κ2) is 5.64. The normalized spacial score (nSPS) is 9.00. The van der Waals surface area contributed by atoms with Crippen LogP contribution < -0.4 is 4.90 Å². The number of nitriles is 2. The van der Waals surface area contributed by atoms with E-state index < -0.39 is 0 Å². The van der Waals surface area contributed by atoms with Crippen LogP contribution in [0.3, 0.4) is 0 Å². The van der Waals surface area contributed by atoms with Crippen LogP contribution in [0.2, 0.25) is 0 Å². The summed E-state index contributed by atoms with van der Waals surface area (Å²) >= 11 is 0. The summed E-state index contributed by atoms with van der Waals surface area (Å²) in [5, 5.41) is 26.4. The monoisotopic (exact) mass is 201 g/mol. The molecule has 0 radical (unpaired) electrons. The van der Waals surface area contributed by atoms with E-state index in [4.69, 9.17) is 15.6 Å². The van der Waals surface area contributed by atoms with Gasteiger partial charge in [0, 0.05) is 11.3 Å². The van der Waals surface area contributed by atoms with Crippen molar-refractivity contribution in [3.05, 3.63) is 29.8 Å². The summed E-state index contributed by atoms with van der Waals surface area (Å²) in [5.74, 6) is 0. The molecule has 76 valence electrons. The minimum absolute atomic E-state index is 0.0937. The SMILES string of the molecule is N#CCN(CC#N)c1ccccc1CO. The fraction of sp³-hybridized carbons (Fsp3) is 0.273. The van der Waals surface area contributed by atoms with Gasteiger partial charge in [0.15, 0.2) is 0 Å². The van der Waals surface area contributed by atoms with E-state index in [2.05, 4.69) is 0 Å². The number of aliphatic hydroxyl groups excluding tert-OH is 1. The molecule has 0 aliphatic rings. The van der Waals surface area contributed by atoms with Crippen molar-refractivity contribution in [1.29, 1.82) is 10.5 Å². The Morgan fingerprint density at radius 1 is 1.13 bits per heavy atom. The topological polar surface area (TPSA) is 71.0 Å². The fourth-order valence-corrected chi connectivity index (χ4v) is 1.35. The summed E-state index contributed by atoms with van der Waals surface area (Å²) in [4.78, 5) is 1.63. The highest BCUT2D eigenvalue weighted by molar-refractivity contribution is 5.54. The lowest BCUT2D eigenvalue weighted by Crippen LogP contribution is -2.24. The Hall–Kier alpha value is -2.04. The highest BCUT2D eigenvalue weighted by Gasteiger charge is 2.08. The number of hydrogen-bond donors (Lipinski definition) is 1. The number of anilines is 1. The average molecular weight is 201 g/mol. The summed E-state index contributed by atoms with van der Waals surface area (Å²) in [7, 11) is 0. The van der Waals surface area contributed by atoms with Gasteiger partial charge in [-0.15, -0.1) is 0 Å². The molecule has 1 N–H and O–H groups in total. The van der Waals surface area contributed by atoms with Crippen molar-refractivity contribution in [2.45, 2.75) is 6.61 Å². The van der Waals surface area contributed by atoms with E-state index in [9.17, 15) is 0 Å². The van der Waals surface area contributed by atoms with E-state index in [-0.39, 0.29) is 19.7 Å². The predicted molar refractivity (Wildman–Crippen MR) is 55.8 cm³/mol. The molecule has 1 aromatic rings. The Kier molecular flexibility index (Phi) is 4.15. The van der Waals surface area contributed by atoms with Crippen LogP contribution in [-0.4, -0.2) is 18.2 Å². The summed E-state index contributed by atoms with van der Waals surface area (Å²) in [6.45, 7) is 0.193. The van der Waals surface area contributed by atoms with Crippen molar-refractivity contribution in [3.63, 3.8) is 0 Å². The first-order valence-electron chi connectivity index (χ1n) is 4.51. The van der Waals surface area contributed by atoms with Crippen molar-refractivity contribution >= 4 is 5.69 Å². The van der Waals surface area contributed by atoms with E-state index in [1.54, 1.807) is 17.0 Å². The highest BCUT2D eigenvalue weighted by atomic mass is 16.3. The first-order valence-corrected chi connectivity index (χ1v) is 4.51. The zero-order valence-corrected chi connectivity index (χ0v) is 8.22. The molecule has 4 nitrogen and oxygen atoms in total. The van der Waals surface area contributed by atoms with Crippen LogP contribution >= 0.6 is 0 Å². The van der Waals surface area contributed by atoms with E-state index >= 15 is 0 Å². The maximum Gasteiger partial charge on any atom is 0.106 e. The van der Waals surface area contributed by atoms with Crippen molar-refractivity contribution in [2.24, 2.45) is 0 Å². The van der Waals surface area contributed by atoms with Crippen LogP contribution in [0.1, 0.15) is 5.56 Å². The molecule has 4 heteroatoms. The first-order chi connectivity index (χ1) is 7.33. The summed E-state index contributed by atoms with van der Waals surface area (Å²) in [5.41, 5.74) is 1.46. The fourth-order valence-electron chi connectivity index (χ4n) is 1.35. The zero-order chi connectivity index (χ0) is 11.1. The molecule has 0 unspecified atom stereocenters. The molecular formula is C11H11N3O. The third-order valence-corrected chi connectivity index (χ3v) is 2.03. The number of para-hydroxylation sites is 1. The number of aliphatic hydroxyl groups is 1. The van der Waals surface area contributed by atoms with Gasteiger partial charge < -0.3 is 10.0 Å². The van der Waals surface area contributed by atoms with Crippen LogP contribution in [0, 0.1) is 22.7 Å². The van der Waals surface area contributed by atoms with Gasteiger partial charge in [-0.3, -0.25) is 0 Å². The molecule has 1 rings (SSSR count). The van der Waals surface area contributed by atoms with Gasteiger partial charge in [-0.05, 0) is 6.07 Å². The van der Waals surface area contributed by atoms with Gasteiger partial charge in [0.05, 0.1) is 18.7 Å².